The van der Waals surface area contributed by atoms with Gasteiger partial charge in [0.25, 0.3) is 0 Å². The fourth-order valence-corrected chi connectivity index (χ4v) is 7.69. The molecule has 0 aromatic heterocycles. The summed E-state index contributed by atoms with van der Waals surface area (Å²) in [4.78, 5) is 132. The number of carboxylic acids is 1. The number of aliphatic carboxylic acids is 1. The normalized spacial score (nSPS) is 15.0. The molecule has 412 valence electrons. The van der Waals surface area contributed by atoms with Crippen molar-refractivity contribution in [1.29, 1.82) is 0 Å². The van der Waals surface area contributed by atoms with Crippen molar-refractivity contribution in [1.82, 2.24) is 42.5 Å². The zero-order valence-electron chi connectivity index (χ0n) is 43.3. The van der Waals surface area contributed by atoms with Crippen LogP contribution in [0.4, 0.5) is 0 Å². The Kier molecular flexibility index (Phi) is 29.9. The van der Waals surface area contributed by atoms with Gasteiger partial charge in [0.05, 0.1) is 18.7 Å². The molecule has 9 amide bonds. The van der Waals surface area contributed by atoms with Gasteiger partial charge in [0.15, 0.2) is 0 Å². The number of carboxylic acid groups (broad SMARTS) is 1. The van der Waals surface area contributed by atoms with Gasteiger partial charge in [0.1, 0.15) is 48.0 Å². The third kappa shape index (κ3) is 25.4. The molecule has 1 aromatic rings. The number of hydrogen-bond donors (Lipinski definition) is 14. The molecule has 0 unspecified atom stereocenters. The van der Waals surface area contributed by atoms with E-state index in [1.807, 2.05) is 0 Å². The number of primary amides is 1. The average molecular weight is 1050 g/mol. The van der Waals surface area contributed by atoms with E-state index in [9.17, 15) is 63.3 Å². The summed E-state index contributed by atoms with van der Waals surface area (Å²) in [5.74, 6) is -9.02. The number of nitrogens with one attached hydrogen (secondary N) is 8. The molecule has 0 saturated carbocycles. The molecular weight excluding hydrogens is 971 g/mol. The minimum Gasteiger partial charge on any atom is -0.508 e. The van der Waals surface area contributed by atoms with Gasteiger partial charge in [-0.2, -0.15) is 11.8 Å². The first-order valence-electron chi connectivity index (χ1n) is 24.5. The van der Waals surface area contributed by atoms with Crippen LogP contribution >= 0.6 is 11.8 Å². The number of benzene rings is 1. The fraction of sp³-hybridized carbons (Fsp3) is 0.667. The number of thioether (sulfide) groups is 1. The Morgan fingerprint density at radius 1 is 0.603 bits per heavy atom. The maximum Gasteiger partial charge on any atom is 0.326 e. The summed E-state index contributed by atoms with van der Waals surface area (Å²) in [7, 11) is 0. The summed E-state index contributed by atoms with van der Waals surface area (Å²) in [5.41, 5.74) is 17.2. The van der Waals surface area contributed by atoms with Crippen LogP contribution in [0.2, 0.25) is 0 Å². The van der Waals surface area contributed by atoms with Gasteiger partial charge in [-0.3, -0.25) is 43.2 Å². The molecule has 73 heavy (non-hydrogen) atoms. The maximum atomic E-state index is 14.1. The van der Waals surface area contributed by atoms with Crippen LogP contribution in [0.25, 0.3) is 0 Å². The second-order valence-electron chi connectivity index (χ2n) is 19.2. The first-order valence-corrected chi connectivity index (χ1v) is 25.9. The minimum atomic E-state index is -1.63. The Balaban J connectivity index is 3.26. The zero-order chi connectivity index (χ0) is 55.5. The van der Waals surface area contributed by atoms with Crippen molar-refractivity contribution in [2.24, 2.45) is 35.0 Å². The van der Waals surface area contributed by atoms with Gasteiger partial charge < -0.3 is 75.1 Å². The lowest BCUT2D eigenvalue weighted by molar-refractivity contribution is -0.142. The number of phenols is 1. The van der Waals surface area contributed by atoms with E-state index in [1.54, 1.807) is 47.8 Å². The van der Waals surface area contributed by atoms with Crippen LogP contribution in [0.5, 0.6) is 5.75 Å². The summed E-state index contributed by atoms with van der Waals surface area (Å²) in [6.45, 7) is 11.2. The van der Waals surface area contributed by atoms with Crippen molar-refractivity contribution in [3.8, 4) is 5.75 Å². The third-order valence-corrected chi connectivity index (χ3v) is 11.9. The molecule has 1 rings (SSSR count). The van der Waals surface area contributed by atoms with Crippen LogP contribution in [-0.4, -0.2) is 154 Å². The number of nitrogens with two attached hydrogens (primary N) is 3. The molecule has 0 aliphatic heterocycles. The molecule has 25 heteroatoms. The lowest BCUT2D eigenvalue weighted by Gasteiger charge is -2.29. The molecule has 24 nitrogen and oxygen atoms in total. The lowest BCUT2D eigenvalue weighted by Crippen LogP contribution is -2.61. The van der Waals surface area contributed by atoms with Crippen LogP contribution < -0.4 is 59.7 Å². The zero-order valence-corrected chi connectivity index (χ0v) is 44.1. The second-order valence-corrected chi connectivity index (χ2v) is 20.2. The number of phenolic OH excluding ortho intramolecular Hbond substituents is 1. The highest BCUT2D eigenvalue weighted by molar-refractivity contribution is 7.98. The standard InChI is InChI=1S/C48H81N11O13S/c1-25(2)21-34(55-45(68)36(23-29-12-14-30(61)15-13-29)56-43(66)32(18-20-73-8)53-41(64)31(50)16-17-37(51)62)42(65)52-24-38(63)58-39(27(5)6)46(69)59-40(28(7)60)47(70)57-35(22-26(3)4)44(67)54-33(48(71)72)11-9-10-19-49/h12-15,25-28,31-36,39-40,60-61H,9-11,16-24,49-50H2,1-8H3,(H2,51,62)(H,52,65)(H,53,64)(H,54,67)(H,55,68)(H,56,66)(H,57,70)(H,58,63)(H,59,69)(H,71,72)/t28-,31+,32+,33+,34+,35+,36+,39+,40+/m1/s1. The molecule has 0 saturated heterocycles. The topological polar surface area (TPSA) is 406 Å². The number of unbranched alkanes of at least 4 members (excludes halogenated alkanes) is 1. The van der Waals surface area contributed by atoms with Crippen molar-refractivity contribution in [3.63, 3.8) is 0 Å². The van der Waals surface area contributed by atoms with E-state index < -0.39 is 126 Å². The highest BCUT2D eigenvalue weighted by Gasteiger charge is 2.36. The van der Waals surface area contributed by atoms with Crippen molar-refractivity contribution >= 4 is 70.9 Å². The summed E-state index contributed by atoms with van der Waals surface area (Å²) in [6, 6.07) is -4.51. The Labute approximate surface area is 431 Å². The summed E-state index contributed by atoms with van der Waals surface area (Å²) >= 11 is 1.40. The first-order chi connectivity index (χ1) is 34.2. The predicted molar refractivity (Wildman–Crippen MR) is 274 cm³/mol. The molecule has 0 radical (unpaired) electrons. The first kappa shape index (κ1) is 65.0. The fourth-order valence-electron chi connectivity index (χ4n) is 7.22. The highest BCUT2D eigenvalue weighted by Crippen LogP contribution is 2.14. The summed E-state index contributed by atoms with van der Waals surface area (Å²) in [5, 5.41) is 50.5. The maximum absolute atomic E-state index is 14.1. The van der Waals surface area contributed by atoms with Crippen molar-refractivity contribution in [3.05, 3.63) is 29.8 Å². The number of carbonyl (C=O) groups excluding carboxylic acids is 9. The summed E-state index contributed by atoms with van der Waals surface area (Å²) in [6.07, 6.45) is 1.30. The van der Waals surface area contributed by atoms with E-state index in [4.69, 9.17) is 17.2 Å². The molecule has 0 aliphatic rings. The quantitative estimate of drug-likeness (QED) is 0.0331. The number of aliphatic hydroxyl groups excluding tert-OH is 1. The Morgan fingerprint density at radius 3 is 1.63 bits per heavy atom. The molecule has 0 heterocycles. The molecule has 1 aromatic carbocycles. The van der Waals surface area contributed by atoms with Crippen LogP contribution in [0.1, 0.15) is 105 Å². The Morgan fingerprint density at radius 2 is 1.11 bits per heavy atom. The second kappa shape index (κ2) is 33.6. The van der Waals surface area contributed by atoms with E-state index >= 15 is 0 Å². The van der Waals surface area contributed by atoms with Crippen molar-refractivity contribution in [2.45, 2.75) is 161 Å². The lowest BCUT2D eigenvalue weighted by atomic mass is 10.00. The van der Waals surface area contributed by atoms with Crippen LogP contribution in [-0.2, 0) is 54.4 Å². The Bertz CT molecular complexity index is 1990. The molecule has 17 N–H and O–H groups in total. The molecular formula is C48H81N11O13S. The van der Waals surface area contributed by atoms with Crippen molar-refractivity contribution < 1.29 is 63.3 Å². The van der Waals surface area contributed by atoms with Gasteiger partial charge in [-0.25, -0.2) is 4.79 Å². The average Bonchev–Trinajstić information content (AvgIpc) is 3.30. The van der Waals surface area contributed by atoms with Crippen LogP contribution in [0.15, 0.2) is 24.3 Å². The van der Waals surface area contributed by atoms with E-state index in [2.05, 4.69) is 42.5 Å². The van der Waals surface area contributed by atoms with E-state index in [0.29, 0.717) is 30.7 Å². The Hall–Kier alpha value is -6.05. The number of aliphatic hydroxyl groups is 1. The van der Waals surface area contributed by atoms with Gasteiger partial charge >= 0.3 is 5.97 Å². The third-order valence-electron chi connectivity index (χ3n) is 11.3. The molecule has 0 fully saturated rings. The monoisotopic (exact) mass is 1050 g/mol. The van der Waals surface area contributed by atoms with Crippen LogP contribution in [0.3, 0.4) is 0 Å². The summed E-state index contributed by atoms with van der Waals surface area (Å²) < 4.78 is 0. The van der Waals surface area contributed by atoms with Gasteiger partial charge in [0.2, 0.25) is 53.2 Å². The smallest absolute Gasteiger partial charge is 0.326 e. The largest absolute Gasteiger partial charge is 0.508 e. The highest BCUT2D eigenvalue weighted by atomic mass is 32.2. The molecule has 0 spiro atoms. The number of carbonyl (C=O) groups is 10. The predicted octanol–water partition coefficient (Wildman–Crippen LogP) is -1.87. The van der Waals surface area contributed by atoms with Crippen LogP contribution in [0, 0.1) is 17.8 Å². The van der Waals surface area contributed by atoms with Gasteiger partial charge in [-0.15, -0.1) is 0 Å². The van der Waals surface area contributed by atoms with Gasteiger partial charge in [-0.05, 0) is 106 Å². The molecule has 0 bridgehead atoms. The SMILES string of the molecule is CSCC[C@H](NC(=O)[C@@H](N)CCC(N)=O)C(=O)N[C@@H](Cc1ccc(O)cc1)C(=O)N[C@@H](CC(C)C)C(=O)NCC(=O)N[C@H](C(=O)N[C@H](C(=O)N[C@@H](CC(C)C)C(=O)N[C@@H](CCCCN)C(=O)O)[C@@H](C)O)C(C)C. The van der Waals surface area contributed by atoms with Crippen molar-refractivity contribution in [2.75, 3.05) is 25.1 Å². The molecule has 9 atom stereocenters. The number of hydrogen-bond acceptors (Lipinski definition) is 15. The number of aromatic hydroxyl groups is 1. The van der Waals surface area contributed by atoms with E-state index in [1.165, 1.54) is 43.0 Å². The van der Waals surface area contributed by atoms with E-state index in [0.717, 1.165) is 0 Å². The van der Waals surface area contributed by atoms with E-state index in [-0.39, 0.29) is 62.5 Å². The minimum absolute atomic E-state index is 0.0516. The number of rotatable bonds is 35. The van der Waals surface area contributed by atoms with Gasteiger partial charge in [-0.1, -0.05) is 53.7 Å². The van der Waals surface area contributed by atoms with Gasteiger partial charge in [0, 0.05) is 12.8 Å². The number of amides is 9. The molecule has 0 aliphatic carbocycles.